The fourth-order valence-corrected chi connectivity index (χ4v) is 1.83. The molecule has 3 N–H and O–H groups in total. The van der Waals surface area contributed by atoms with Crippen LogP contribution in [-0.2, 0) is 9.53 Å². The molecule has 0 amide bonds. The Balaban J connectivity index is 0.000000246. The van der Waals surface area contributed by atoms with Crippen LogP contribution in [0.2, 0.25) is 0 Å². The topological polar surface area (TPSA) is 90.1 Å². The van der Waals surface area contributed by atoms with Crippen LogP contribution in [0.25, 0.3) is 0 Å². The van der Waals surface area contributed by atoms with Gasteiger partial charge in [0.05, 0.1) is 5.69 Å². The summed E-state index contributed by atoms with van der Waals surface area (Å²) in [5, 5.41) is 11.3. The number of hydrogen-bond acceptors (Lipinski definition) is 6. The van der Waals surface area contributed by atoms with Crippen molar-refractivity contribution in [2.24, 2.45) is 0 Å². The molecule has 0 aliphatic carbocycles. The van der Waals surface area contributed by atoms with Crippen LogP contribution in [0.1, 0.15) is 45.2 Å². The third kappa shape index (κ3) is 6.47. The Morgan fingerprint density at radius 3 is 2.35 bits per heavy atom. The number of anilines is 1. The Kier molecular flexibility index (Phi) is 6.38. The van der Waals surface area contributed by atoms with Crippen molar-refractivity contribution in [3.63, 3.8) is 0 Å². The first-order valence-electron chi connectivity index (χ1n) is 6.83. The molecule has 1 aromatic heterocycles. The molecule has 1 fully saturated rings. The van der Waals surface area contributed by atoms with Crippen molar-refractivity contribution in [3.05, 3.63) is 17.8 Å². The molecule has 0 atom stereocenters. The van der Waals surface area contributed by atoms with Crippen molar-refractivity contribution < 1.29 is 9.53 Å². The monoisotopic (exact) mass is 280 g/mol. The lowest BCUT2D eigenvalue weighted by atomic mass is 9.94. The van der Waals surface area contributed by atoms with E-state index < -0.39 is 0 Å². The first-order valence-corrected chi connectivity index (χ1v) is 6.83. The molecule has 1 aliphatic rings. The molecule has 1 aromatic rings. The highest BCUT2D eigenvalue weighted by Gasteiger charge is 2.16. The van der Waals surface area contributed by atoms with Crippen LogP contribution in [0.3, 0.4) is 0 Å². The number of nitrogen functional groups attached to an aromatic ring is 1. The number of ether oxygens (including phenoxy) is 1. The highest BCUT2D eigenvalue weighted by molar-refractivity contribution is 5.37. The van der Waals surface area contributed by atoms with Gasteiger partial charge < -0.3 is 15.8 Å². The minimum atomic E-state index is -0.318. The highest BCUT2D eigenvalue weighted by atomic mass is 16.5. The molecular weight excluding hydrogens is 256 g/mol. The molecular formula is C14H24N4O2. The molecule has 1 aliphatic heterocycles. The zero-order valence-corrected chi connectivity index (χ0v) is 12.4. The van der Waals surface area contributed by atoms with Gasteiger partial charge in [-0.25, -0.2) is 0 Å². The Labute approximate surface area is 120 Å². The van der Waals surface area contributed by atoms with E-state index >= 15 is 0 Å². The third-order valence-corrected chi connectivity index (χ3v) is 2.86. The van der Waals surface area contributed by atoms with E-state index in [-0.39, 0.29) is 5.60 Å². The van der Waals surface area contributed by atoms with Crippen molar-refractivity contribution in [1.82, 2.24) is 15.5 Å². The summed E-state index contributed by atoms with van der Waals surface area (Å²) in [4.78, 5) is 9.60. The molecule has 2 heterocycles. The van der Waals surface area contributed by atoms with E-state index in [9.17, 15) is 4.79 Å². The SMILES string of the molecule is CC(C)(C)OC=O.Nc1ccc(C2CCNCC2)nn1. The van der Waals surface area contributed by atoms with E-state index in [1.807, 2.05) is 32.9 Å². The summed E-state index contributed by atoms with van der Waals surface area (Å²) in [6.45, 7) is 8.08. The second kappa shape index (κ2) is 7.79. The van der Waals surface area contributed by atoms with Gasteiger partial charge in [0.1, 0.15) is 11.4 Å². The molecule has 20 heavy (non-hydrogen) atoms. The number of nitrogens with zero attached hydrogens (tertiary/aromatic N) is 2. The number of aromatic nitrogens is 2. The molecule has 0 aromatic carbocycles. The summed E-state index contributed by atoms with van der Waals surface area (Å²) < 4.78 is 4.55. The lowest BCUT2D eigenvalue weighted by molar-refractivity contribution is -0.138. The summed E-state index contributed by atoms with van der Waals surface area (Å²) in [6, 6.07) is 3.81. The number of nitrogens with two attached hydrogens (primary N) is 1. The molecule has 0 radical (unpaired) electrons. The standard InChI is InChI=1S/C9H14N4.C5H10O2/c10-9-2-1-8(12-13-9)7-3-5-11-6-4-7;1-5(2,3)7-4-6/h1-2,7,11H,3-6H2,(H2,10,13);4H,1-3H3. The van der Waals surface area contributed by atoms with Crippen molar-refractivity contribution in [2.45, 2.75) is 45.1 Å². The predicted molar refractivity (Wildman–Crippen MR) is 78.2 cm³/mol. The van der Waals surface area contributed by atoms with E-state index in [0.717, 1.165) is 31.6 Å². The van der Waals surface area contributed by atoms with E-state index in [4.69, 9.17) is 5.73 Å². The van der Waals surface area contributed by atoms with Gasteiger partial charge in [-0.05, 0) is 58.8 Å². The molecule has 6 nitrogen and oxygen atoms in total. The Morgan fingerprint density at radius 1 is 1.30 bits per heavy atom. The number of carbonyl (C=O) groups excluding carboxylic acids is 1. The molecule has 6 heteroatoms. The molecule has 0 unspecified atom stereocenters. The predicted octanol–water partition coefficient (Wildman–Crippen LogP) is 1.48. The zero-order chi connectivity index (χ0) is 15.0. The van der Waals surface area contributed by atoms with Gasteiger partial charge in [0.25, 0.3) is 6.47 Å². The number of piperidine rings is 1. The lowest BCUT2D eigenvalue weighted by Crippen LogP contribution is -2.27. The Bertz CT molecular complexity index is 395. The Morgan fingerprint density at radius 2 is 1.95 bits per heavy atom. The van der Waals surface area contributed by atoms with Crippen LogP contribution in [0.5, 0.6) is 0 Å². The van der Waals surface area contributed by atoms with Gasteiger partial charge in [-0.2, -0.15) is 5.10 Å². The minimum absolute atomic E-state index is 0.318. The van der Waals surface area contributed by atoms with E-state index in [1.54, 1.807) is 0 Å². The van der Waals surface area contributed by atoms with Gasteiger partial charge in [0.15, 0.2) is 0 Å². The third-order valence-electron chi connectivity index (χ3n) is 2.86. The second-order valence-corrected chi connectivity index (χ2v) is 5.73. The van der Waals surface area contributed by atoms with Crippen LogP contribution in [0.15, 0.2) is 12.1 Å². The van der Waals surface area contributed by atoms with Crippen LogP contribution in [0, 0.1) is 0 Å². The van der Waals surface area contributed by atoms with Gasteiger partial charge in [0.2, 0.25) is 0 Å². The average molecular weight is 280 g/mol. The maximum Gasteiger partial charge on any atom is 0.293 e. The summed E-state index contributed by atoms with van der Waals surface area (Å²) in [6.07, 6.45) is 2.30. The van der Waals surface area contributed by atoms with Gasteiger partial charge >= 0.3 is 0 Å². The first-order chi connectivity index (χ1) is 9.42. The summed E-state index contributed by atoms with van der Waals surface area (Å²) >= 11 is 0. The van der Waals surface area contributed by atoms with Crippen LogP contribution in [-0.4, -0.2) is 35.4 Å². The van der Waals surface area contributed by atoms with Gasteiger partial charge in [-0.1, -0.05) is 0 Å². The fraction of sp³-hybridized carbons (Fsp3) is 0.643. The van der Waals surface area contributed by atoms with Crippen molar-refractivity contribution >= 4 is 12.3 Å². The lowest BCUT2D eigenvalue weighted by Gasteiger charge is -2.21. The highest BCUT2D eigenvalue weighted by Crippen LogP contribution is 2.22. The van der Waals surface area contributed by atoms with E-state index in [1.165, 1.54) is 0 Å². The molecule has 0 saturated carbocycles. The number of nitrogens with one attached hydrogen (secondary N) is 1. The first kappa shape index (κ1) is 16.4. The van der Waals surface area contributed by atoms with Gasteiger partial charge in [-0.3, -0.25) is 4.79 Å². The maximum atomic E-state index is 9.60. The minimum Gasteiger partial charge on any atom is -0.462 e. The molecule has 1 saturated heterocycles. The average Bonchev–Trinajstić information content (AvgIpc) is 2.40. The van der Waals surface area contributed by atoms with Crippen molar-refractivity contribution in [1.29, 1.82) is 0 Å². The summed E-state index contributed by atoms with van der Waals surface area (Å²) in [7, 11) is 0. The number of rotatable bonds is 2. The molecule has 0 bridgehead atoms. The fourth-order valence-electron chi connectivity index (χ4n) is 1.83. The summed E-state index contributed by atoms with van der Waals surface area (Å²) in [5.41, 5.74) is 6.23. The molecule has 2 rings (SSSR count). The second-order valence-electron chi connectivity index (χ2n) is 5.73. The normalized spacial score (nSPS) is 15.9. The van der Waals surface area contributed by atoms with Gasteiger partial charge in [-0.15, -0.1) is 5.10 Å². The van der Waals surface area contributed by atoms with Crippen molar-refractivity contribution in [2.75, 3.05) is 18.8 Å². The number of carbonyl (C=O) groups is 1. The quantitative estimate of drug-likeness (QED) is 0.798. The van der Waals surface area contributed by atoms with Crippen LogP contribution in [0.4, 0.5) is 5.82 Å². The summed E-state index contributed by atoms with van der Waals surface area (Å²) in [5.74, 6) is 1.06. The largest absolute Gasteiger partial charge is 0.462 e. The van der Waals surface area contributed by atoms with E-state index in [2.05, 4.69) is 20.3 Å². The Hall–Kier alpha value is -1.69. The van der Waals surface area contributed by atoms with Crippen LogP contribution >= 0.6 is 0 Å². The van der Waals surface area contributed by atoms with Gasteiger partial charge in [0, 0.05) is 5.92 Å². The molecule has 112 valence electrons. The van der Waals surface area contributed by atoms with Crippen LogP contribution < -0.4 is 11.1 Å². The number of hydrogen-bond donors (Lipinski definition) is 2. The van der Waals surface area contributed by atoms with Crippen molar-refractivity contribution in [3.8, 4) is 0 Å². The molecule has 0 spiro atoms. The zero-order valence-electron chi connectivity index (χ0n) is 12.4. The maximum absolute atomic E-state index is 9.60. The van der Waals surface area contributed by atoms with E-state index in [0.29, 0.717) is 18.2 Å². The smallest absolute Gasteiger partial charge is 0.293 e.